The first-order chi connectivity index (χ1) is 8.78. The smallest absolute Gasteiger partial charge is 0.0209 e. The fourth-order valence-corrected chi connectivity index (χ4v) is 2.84. The maximum atomic E-state index is 3.87. The van der Waals surface area contributed by atoms with E-state index in [9.17, 15) is 0 Å². The molecule has 0 bridgehead atoms. The van der Waals surface area contributed by atoms with Gasteiger partial charge in [-0.05, 0) is 44.4 Å². The first kappa shape index (κ1) is 15.3. The van der Waals surface area contributed by atoms with E-state index >= 15 is 0 Å². The van der Waals surface area contributed by atoms with Crippen molar-refractivity contribution >= 4 is 0 Å². The molecule has 0 aliphatic heterocycles. The third kappa shape index (κ3) is 4.51. The van der Waals surface area contributed by atoms with Gasteiger partial charge in [0.05, 0.1) is 0 Å². The molecule has 1 saturated carbocycles. The molecule has 0 radical (unpaired) electrons. The highest BCUT2D eigenvalue weighted by Crippen LogP contribution is 2.39. The largest absolute Gasteiger partial charge is 0.374 e. The molecule has 1 heteroatoms. The van der Waals surface area contributed by atoms with Crippen LogP contribution in [0.3, 0.4) is 0 Å². The van der Waals surface area contributed by atoms with Gasteiger partial charge in [-0.2, -0.15) is 0 Å². The summed E-state index contributed by atoms with van der Waals surface area (Å²) in [5.74, 6) is 0.795. The maximum absolute atomic E-state index is 3.87. The molecule has 0 N–H and O–H groups in total. The second-order valence-electron chi connectivity index (χ2n) is 5.45. The average molecular weight is 249 g/mol. The molecule has 1 unspecified atom stereocenters. The van der Waals surface area contributed by atoms with E-state index in [2.05, 4.69) is 38.3 Å². The molecule has 1 fully saturated rings. The molecule has 0 aromatic heterocycles. The quantitative estimate of drug-likeness (QED) is 0.484. The molecule has 1 rings (SSSR count). The fraction of sp³-hybridized carbons (Fsp3) is 0.765. The van der Waals surface area contributed by atoms with Crippen molar-refractivity contribution in [1.29, 1.82) is 0 Å². The standard InChI is InChI=1S/C17H31N/c1-5-9-14-18(13-7-3)17(16-11-12-16)15(8-4)10-6-2/h5,15H,1,6-14H2,2-4H3. The van der Waals surface area contributed by atoms with Gasteiger partial charge in [0.25, 0.3) is 0 Å². The van der Waals surface area contributed by atoms with Gasteiger partial charge in [0.1, 0.15) is 0 Å². The Bertz CT molecular complexity index is 271. The molecule has 1 nitrogen and oxygen atoms in total. The third-order valence-corrected chi connectivity index (χ3v) is 3.82. The highest BCUT2D eigenvalue weighted by Gasteiger charge is 2.26. The van der Waals surface area contributed by atoms with Crippen LogP contribution in [0.15, 0.2) is 23.9 Å². The third-order valence-electron chi connectivity index (χ3n) is 3.82. The number of hydrogen-bond acceptors (Lipinski definition) is 1. The Balaban J connectivity index is 2.80. The molecule has 1 atom stereocenters. The van der Waals surface area contributed by atoms with Gasteiger partial charge >= 0.3 is 0 Å². The Kier molecular flexibility index (Phi) is 7.15. The zero-order chi connectivity index (χ0) is 13.4. The average Bonchev–Trinajstić information content (AvgIpc) is 3.19. The number of nitrogens with zero attached hydrogens (tertiary/aromatic N) is 1. The van der Waals surface area contributed by atoms with Gasteiger partial charge in [-0.15, -0.1) is 6.58 Å². The van der Waals surface area contributed by atoms with Crippen molar-refractivity contribution in [3.63, 3.8) is 0 Å². The minimum Gasteiger partial charge on any atom is -0.374 e. The van der Waals surface area contributed by atoms with Crippen molar-refractivity contribution in [2.24, 2.45) is 5.92 Å². The van der Waals surface area contributed by atoms with E-state index in [1.54, 1.807) is 11.3 Å². The molecule has 18 heavy (non-hydrogen) atoms. The Morgan fingerprint density at radius 2 is 1.94 bits per heavy atom. The van der Waals surface area contributed by atoms with Crippen molar-refractivity contribution in [2.75, 3.05) is 13.1 Å². The lowest BCUT2D eigenvalue weighted by atomic mass is 9.94. The Hall–Kier alpha value is -0.720. The highest BCUT2D eigenvalue weighted by atomic mass is 15.1. The van der Waals surface area contributed by atoms with E-state index in [4.69, 9.17) is 0 Å². The van der Waals surface area contributed by atoms with E-state index in [1.807, 2.05) is 0 Å². The molecule has 0 heterocycles. The maximum Gasteiger partial charge on any atom is 0.0209 e. The lowest BCUT2D eigenvalue weighted by Crippen LogP contribution is -2.29. The Morgan fingerprint density at radius 1 is 1.22 bits per heavy atom. The van der Waals surface area contributed by atoms with Crippen LogP contribution in [0.5, 0.6) is 0 Å². The van der Waals surface area contributed by atoms with Crippen molar-refractivity contribution in [1.82, 2.24) is 4.90 Å². The zero-order valence-corrected chi connectivity index (χ0v) is 12.7. The van der Waals surface area contributed by atoms with Gasteiger partial charge in [0.15, 0.2) is 0 Å². The number of rotatable bonds is 10. The van der Waals surface area contributed by atoms with Crippen molar-refractivity contribution in [3.05, 3.63) is 23.9 Å². The summed E-state index contributed by atoms with van der Waals surface area (Å²) in [5, 5.41) is 0. The topological polar surface area (TPSA) is 3.24 Å². The highest BCUT2D eigenvalue weighted by molar-refractivity contribution is 5.26. The molecule has 0 spiro atoms. The van der Waals surface area contributed by atoms with Crippen molar-refractivity contribution in [2.45, 2.75) is 65.7 Å². The zero-order valence-electron chi connectivity index (χ0n) is 12.7. The molecule has 104 valence electrons. The molecule has 1 aliphatic carbocycles. The van der Waals surface area contributed by atoms with Crippen LogP contribution in [0, 0.1) is 5.92 Å². The molecule has 0 aromatic carbocycles. The van der Waals surface area contributed by atoms with Gasteiger partial charge in [-0.3, -0.25) is 0 Å². The van der Waals surface area contributed by atoms with Crippen LogP contribution in [0.1, 0.15) is 65.7 Å². The van der Waals surface area contributed by atoms with E-state index in [0.29, 0.717) is 0 Å². The van der Waals surface area contributed by atoms with Crippen molar-refractivity contribution < 1.29 is 0 Å². The normalized spacial score (nSPS) is 15.4. The van der Waals surface area contributed by atoms with Crippen molar-refractivity contribution in [3.8, 4) is 0 Å². The predicted molar refractivity (Wildman–Crippen MR) is 81.6 cm³/mol. The molecular weight excluding hydrogens is 218 g/mol. The summed E-state index contributed by atoms with van der Waals surface area (Å²) in [6.07, 6.45) is 11.1. The van der Waals surface area contributed by atoms with Gasteiger partial charge in [-0.25, -0.2) is 0 Å². The van der Waals surface area contributed by atoms with Crippen LogP contribution in [0.2, 0.25) is 0 Å². The molecule has 0 amide bonds. The molecule has 0 saturated heterocycles. The van der Waals surface area contributed by atoms with Gasteiger partial charge in [0.2, 0.25) is 0 Å². The summed E-state index contributed by atoms with van der Waals surface area (Å²) in [4.78, 5) is 2.66. The monoisotopic (exact) mass is 249 g/mol. The first-order valence-corrected chi connectivity index (χ1v) is 7.86. The molecular formula is C17H31N. The first-order valence-electron chi connectivity index (χ1n) is 7.86. The van der Waals surface area contributed by atoms with Gasteiger partial charge < -0.3 is 4.90 Å². The van der Waals surface area contributed by atoms with Gasteiger partial charge in [-0.1, -0.05) is 38.8 Å². The summed E-state index contributed by atoms with van der Waals surface area (Å²) in [6, 6.07) is 0. The second-order valence-corrected chi connectivity index (χ2v) is 5.45. The summed E-state index contributed by atoms with van der Waals surface area (Å²) in [6.45, 7) is 13.2. The fourth-order valence-electron chi connectivity index (χ4n) is 2.84. The Labute approximate surface area is 114 Å². The minimum absolute atomic E-state index is 0.795. The lowest BCUT2D eigenvalue weighted by molar-refractivity contribution is 0.292. The summed E-state index contributed by atoms with van der Waals surface area (Å²) < 4.78 is 0. The van der Waals surface area contributed by atoms with Crippen LogP contribution in [-0.4, -0.2) is 18.0 Å². The van der Waals surface area contributed by atoms with Crippen LogP contribution in [0.4, 0.5) is 0 Å². The Morgan fingerprint density at radius 3 is 2.39 bits per heavy atom. The van der Waals surface area contributed by atoms with E-state index < -0.39 is 0 Å². The van der Waals surface area contributed by atoms with E-state index in [0.717, 1.165) is 18.9 Å². The van der Waals surface area contributed by atoms with Crippen LogP contribution >= 0.6 is 0 Å². The number of allylic oxidation sites excluding steroid dienone is 2. The van der Waals surface area contributed by atoms with Crippen LogP contribution in [0.25, 0.3) is 0 Å². The SMILES string of the molecule is C=CCCN(CCC)C(=C1CC1)C(CC)CCC. The predicted octanol–water partition coefficient (Wildman–Crippen LogP) is 5.15. The van der Waals surface area contributed by atoms with Crippen LogP contribution in [-0.2, 0) is 0 Å². The van der Waals surface area contributed by atoms with E-state index in [-0.39, 0.29) is 0 Å². The molecule has 0 aromatic rings. The lowest BCUT2D eigenvalue weighted by Gasteiger charge is -2.32. The number of hydrogen-bond donors (Lipinski definition) is 0. The minimum atomic E-state index is 0.795. The molecule has 1 aliphatic rings. The van der Waals surface area contributed by atoms with Crippen LogP contribution < -0.4 is 0 Å². The van der Waals surface area contributed by atoms with E-state index in [1.165, 1.54) is 45.1 Å². The summed E-state index contributed by atoms with van der Waals surface area (Å²) in [5.41, 5.74) is 3.45. The summed E-state index contributed by atoms with van der Waals surface area (Å²) in [7, 11) is 0. The van der Waals surface area contributed by atoms with Gasteiger partial charge in [0, 0.05) is 18.8 Å². The summed E-state index contributed by atoms with van der Waals surface area (Å²) >= 11 is 0. The second kappa shape index (κ2) is 8.39.